The first-order valence-corrected chi connectivity index (χ1v) is 14.8. The molecule has 0 bridgehead atoms. The van der Waals surface area contributed by atoms with Crippen LogP contribution >= 0.6 is 11.3 Å². The van der Waals surface area contributed by atoms with Gasteiger partial charge >= 0.3 is 0 Å². The molecule has 1 unspecified atom stereocenters. The van der Waals surface area contributed by atoms with Crippen molar-refractivity contribution < 1.29 is 9.53 Å². The molecule has 2 aromatic carbocycles. The Bertz CT molecular complexity index is 1530. The van der Waals surface area contributed by atoms with Crippen LogP contribution in [0.2, 0.25) is 0 Å². The molecule has 0 spiro atoms. The summed E-state index contributed by atoms with van der Waals surface area (Å²) in [6.07, 6.45) is 5.00. The summed E-state index contributed by atoms with van der Waals surface area (Å²) in [4.78, 5) is 41.8. The number of piperidine rings is 1. The molecule has 4 aromatic rings. The summed E-state index contributed by atoms with van der Waals surface area (Å²) in [5.74, 6) is 1.46. The van der Waals surface area contributed by atoms with Crippen LogP contribution in [0.25, 0.3) is 10.3 Å². The molecule has 1 atom stereocenters. The van der Waals surface area contributed by atoms with Crippen LogP contribution in [-0.4, -0.2) is 53.2 Å². The summed E-state index contributed by atoms with van der Waals surface area (Å²) in [5.41, 5.74) is 2.28. The van der Waals surface area contributed by atoms with Gasteiger partial charge in [0.25, 0.3) is 5.56 Å². The SMILES string of the molecule is COc1ccc(Cn2c(N3CCCCC3)nc3sc(N4CCCC4C(=O)NCc4ccccc4)nc3c2=O)cc1. The van der Waals surface area contributed by atoms with Gasteiger partial charge in [0, 0.05) is 26.2 Å². The third-order valence-corrected chi connectivity index (χ3v) is 8.72. The number of fused-ring (bicyclic) bond motifs is 1. The molecule has 0 saturated carbocycles. The largest absolute Gasteiger partial charge is 0.497 e. The Morgan fingerprint density at radius 1 is 0.975 bits per heavy atom. The van der Waals surface area contributed by atoms with Crippen molar-refractivity contribution in [3.05, 3.63) is 76.1 Å². The van der Waals surface area contributed by atoms with E-state index in [-0.39, 0.29) is 17.5 Å². The van der Waals surface area contributed by atoms with E-state index in [1.54, 1.807) is 11.7 Å². The molecule has 0 aliphatic carbocycles. The minimum absolute atomic E-state index is 0.0144. The van der Waals surface area contributed by atoms with Gasteiger partial charge in [-0.15, -0.1) is 0 Å². The summed E-state index contributed by atoms with van der Waals surface area (Å²) in [6, 6.07) is 17.4. The third kappa shape index (κ3) is 5.40. The van der Waals surface area contributed by atoms with E-state index >= 15 is 0 Å². The van der Waals surface area contributed by atoms with Gasteiger partial charge < -0.3 is 19.9 Å². The van der Waals surface area contributed by atoms with Crippen LogP contribution < -0.4 is 25.4 Å². The van der Waals surface area contributed by atoms with Crippen LogP contribution in [0.15, 0.2) is 59.4 Å². The fourth-order valence-electron chi connectivity index (χ4n) is 5.57. The number of methoxy groups -OCH3 is 1. The average molecular weight is 559 g/mol. The average Bonchev–Trinajstić information content (AvgIpc) is 3.66. The van der Waals surface area contributed by atoms with Gasteiger partial charge in [-0.25, -0.2) is 9.97 Å². The van der Waals surface area contributed by atoms with Crippen LogP contribution in [0, 0.1) is 0 Å². The number of benzene rings is 2. The molecule has 2 fully saturated rings. The van der Waals surface area contributed by atoms with Gasteiger partial charge in [-0.1, -0.05) is 53.8 Å². The first-order valence-electron chi connectivity index (χ1n) is 14.0. The zero-order valence-electron chi connectivity index (χ0n) is 22.7. The molecule has 1 N–H and O–H groups in total. The minimum atomic E-state index is -0.313. The Morgan fingerprint density at radius 2 is 1.75 bits per heavy atom. The summed E-state index contributed by atoms with van der Waals surface area (Å²) in [7, 11) is 1.64. The van der Waals surface area contributed by atoms with E-state index in [9.17, 15) is 9.59 Å². The van der Waals surface area contributed by atoms with Gasteiger partial charge in [0.1, 0.15) is 11.8 Å². The van der Waals surface area contributed by atoms with Crippen molar-refractivity contribution in [2.24, 2.45) is 0 Å². The minimum Gasteiger partial charge on any atom is -0.497 e. The van der Waals surface area contributed by atoms with Crippen LogP contribution in [-0.2, 0) is 17.9 Å². The summed E-state index contributed by atoms with van der Waals surface area (Å²) in [6.45, 7) is 3.37. The molecule has 2 saturated heterocycles. The lowest BCUT2D eigenvalue weighted by atomic mass is 10.1. The Morgan fingerprint density at radius 3 is 2.50 bits per heavy atom. The molecule has 0 radical (unpaired) electrons. The van der Waals surface area contributed by atoms with Gasteiger partial charge in [-0.3, -0.25) is 14.2 Å². The van der Waals surface area contributed by atoms with Crippen molar-refractivity contribution >= 4 is 38.7 Å². The van der Waals surface area contributed by atoms with E-state index in [2.05, 4.69) is 10.2 Å². The number of hydrogen-bond donors (Lipinski definition) is 1. The number of nitrogens with one attached hydrogen (secondary N) is 1. The molecule has 208 valence electrons. The quantitative estimate of drug-likeness (QED) is 0.347. The standard InChI is InChI=1S/C30H34N6O3S/c1-39-23-14-12-22(13-15-23)20-36-28(38)25-27(33-29(36)34-16-6-3-7-17-34)40-30(32-25)35-18-8-11-24(35)26(37)31-19-21-9-4-2-5-10-21/h2,4-5,9-10,12-15,24H,3,6-8,11,16-20H2,1H3,(H,31,37). The van der Waals surface area contributed by atoms with Gasteiger partial charge in [0.15, 0.2) is 15.5 Å². The predicted molar refractivity (Wildman–Crippen MR) is 158 cm³/mol. The molecule has 6 rings (SSSR count). The van der Waals surface area contributed by atoms with Gasteiger partial charge in [0.2, 0.25) is 11.9 Å². The second-order valence-corrected chi connectivity index (χ2v) is 11.4. The van der Waals surface area contributed by atoms with E-state index in [1.807, 2.05) is 59.5 Å². The Hall–Kier alpha value is -3.92. The smallest absolute Gasteiger partial charge is 0.282 e. The summed E-state index contributed by atoms with van der Waals surface area (Å²) >= 11 is 1.41. The van der Waals surface area contributed by atoms with Crippen LogP contribution in [0.5, 0.6) is 5.75 Å². The first kappa shape index (κ1) is 26.3. The van der Waals surface area contributed by atoms with E-state index < -0.39 is 0 Å². The Balaban J connectivity index is 1.31. The molecule has 2 aliphatic heterocycles. The van der Waals surface area contributed by atoms with Crippen molar-refractivity contribution in [3.63, 3.8) is 0 Å². The molecule has 10 heteroatoms. The lowest BCUT2D eigenvalue weighted by Gasteiger charge is -2.29. The number of aromatic nitrogens is 3. The highest BCUT2D eigenvalue weighted by atomic mass is 32.1. The maximum atomic E-state index is 13.9. The van der Waals surface area contributed by atoms with Gasteiger partial charge in [-0.2, -0.15) is 0 Å². The highest BCUT2D eigenvalue weighted by Crippen LogP contribution is 2.33. The predicted octanol–water partition coefficient (Wildman–Crippen LogP) is 4.19. The van der Waals surface area contributed by atoms with E-state index in [4.69, 9.17) is 14.7 Å². The second kappa shape index (κ2) is 11.7. The van der Waals surface area contributed by atoms with Crippen molar-refractivity contribution in [2.45, 2.75) is 51.2 Å². The fraction of sp³-hybridized carbons (Fsp3) is 0.400. The molecule has 2 aliphatic rings. The van der Waals surface area contributed by atoms with Gasteiger partial charge in [-0.05, 0) is 55.4 Å². The van der Waals surface area contributed by atoms with Crippen LogP contribution in [0.1, 0.15) is 43.2 Å². The molecular formula is C30H34N6O3S. The molecule has 2 aromatic heterocycles. The highest BCUT2D eigenvalue weighted by Gasteiger charge is 2.33. The number of rotatable bonds is 8. The normalized spacial score (nSPS) is 17.4. The van der Waals surface area contributed by atoms with E-state index in [0.717, 1.165) is 62.2 Å². The fourth-order valence-corrected chi connectivity index (χ4v) is 6.57. The third-order valence-electron chi connectivity index (χ3n) is 7.74. The summed E-state index contributed by atoms with van der Waals surface area (Å²) < 4.78 is 7.06. The number of amides is 1. The highest BCUT2D eigenvalue weighted by molar-refractivity contribution is 7.21. The van der Waals surface area contributed by atoms with Crippen molar-refractivity contribution in [1.29, 1.82) is 0 Å². The maximum absolute atomic E-state index is 13.9. The van der Waals surface area contributed by atoms with E-state index in [1.165, 1.54) is 17.8 Å². The zero-order chi connectivity index (χ0) is 27.5. The number of ether oxygens (including phenoxy) is 1. The van der Waals surface area contributed by atoms with Crippen molar-refractivity contribution in [2.75, 3.05) is 36.5 Å². The van der Waals surface area contributed by atoms with Gasteiger partial charge in [0.05, 0.1) is 13.7 Å². The number of anilines is 2. The maximum Gasteiger partial charge on any atom is 0.282 e. The number of nitrogens with zero attached hydrogens (tertiary/aromatic N) is 5. The molecule has 9 nitrogen and oxygen atoms in total. The number of hydrogen-bond acceptors (Lipinski definition) is 8. The Labute approximate surface area is 237 Å². The van der Waals surface area contributed by atoms with Crippen molar-refractivity contribution in [1.82, 2.24) is 19.9 Å². The summed E-state index contributed by atoms with van der Waals surface area (Å²) in [5, 5.41) is 3.77. The monoisotopic (exact) mass is 558 g/mol. The zero-order valence-corrected chi connectivity index (χ0v) is 23.5. The van der Waals surface area contributed by atoms with Crippen LogP contribution in [0.3, 0.4) is 0 Å². The second-order valence-electron chi connectivity index (χ2n) is 10.4. The van der Waals surface area contributed by atoms with Crippen LogP contribution in [0.4, 0.5) is 11.1 Å². The molecule has 40 heavy (non-hydrogen) atoms. The number of carbonyl (C=O) groups is 1. The molecular weight excluding hydrogens is 524 g/mol. The first-order chi connectivity index (χ1) is 19.6. The van der Waals surface area contributed by atoms with Crippen molar-refractivity contribution in [3.8, 4) is 5.75 Å². The topological polar surface area (TPSA) is 92.6 Å². The van der Waals surface area contributed by atoms with E-state index in [0.29, 0.717) is 34.5 Å². The lowest BCUT2D eigenvalue weighted by Crippen LogP contribution is -2.43. The Kier molecular flexibility index (Phi) is 7.68. The molecule has 1 amide bonds. The number of carbonyl (C=O) groups excluding carboxylic acids is 1. The lowest BCUT2D eigenvalue weighted by molar-refractivity contribution is -0.122. The number of thiazole rings is 1. The molecule has 4 heterocycles.